The Hall–Kier alpha value is -6.56. The minimum absolute atomic E-state index is 0.0339. The summed E-state index contributed by atoms with van der Waals surface area (Å²) in [5.41, 5.74) is 21.5. The molecule has 0 bridgehead atoms. The number of aromatic nitrogens is 1. The van der Waals surface area contributed by atoms with Gasteiger partial charge in [-0.15, -0.1) is 11.3 Å². The zero-order valence-electron chi connectivity index (χ0n) is 37.6. The monoisotopic (exact) mass is 842 g/mol. The van der Waals surface area contributed by atoms with Gasteiger partial charge in [-0.25, -0.2) is 0 Å². The molecule has 5 heteroatoms. The molecular formula is C59H47BN2OS. The molecule has 0 saturated carbocycles. The van der Waals surface area contributed by atoms with Gasteiger partial charge >= 0.3 is 6.85 Å². The maximum Gasteiger partial charge on any atom is 0.333 e. The fourth-order valence-corrected chi connectivity index (χ4v) is 13.1. The minimum atomic E-state index is -0.176. The molecule has 0 fully saturated rings. The molecule has 3 nitrogen and oxygen atoms in total. The van der Waals surface area contributed by atoms with Crippen molar-refractivity contribution in [2.75, 3.05) is 4.81 Å². The molecule has 0 radical (unpaired) electrons. The molecule has 1 aliphatic carbocycles. The van der Waals surface area contributed by atoms with Gasteiger partial charge in [0, 0.05) is 69.8 Å². The van der Waals surface area contributed by atoms with Crippen LogP contribution in [0.2, 0.25) is 0 Å². The Morgan fingerprint density at radius 3 is 2.05 bits per heavy atom. The van der Waals surface area contributed by atoms with E-state index in [-0.39, 0.29) is 23.1 Å². The lowest BCUT2D eigenvalue weighted by atomic mass is 9.44. The normalized spacial score (nSPS) is 14.9. The van der Waals surface area contributed by atoms with E-state index in [1.807, 2.05) is 11.3 Å². The van der Waals surface area contributed by atoms with E-state index < -0.39 is 0 Å². The average molecular weight is 843 g/mol. The lowest BCUT2D eigenvalue weighted by molar-refractivity contribution is 0.584. The van der Waals surface area contributed by atoms with E-state index in [0.29, 0.717) is 0 Å². The first-order chi connectivity index (χ1) is 30.8. The molecule has 2 aliphatic heterocycles. The maximum atomic E-state index is 6.59. The molecule has 0 saturated heterocycles. The Morgan fingerprint density at radius 1 is 0.531 bits per heavy atom. The van der Waals surface area contributed by atoms with Gasteiger partial charge in [0.25, 0.3) is 0 Å². The quantitative estimate of drug-likeness (QED) is 0.154. The van der Waals surface area contributed by atoms with Crippen LogP contribution >= 0.6 is 11.3 Å². The number of anilines is 2. The van der Waals surface area contributed by atoms with E-state index in [9.17, 15) is 0 Å². The highest BCUT2D eigenvalue weighted by molar-refractivity contribution is 7.26. The number of para-hydroxylation sites is 1. The lowest BCUT2D eigenvalue weighted by Gasteiger charge is -2.42. The number of rotatable bonds is 1. The van der Waals surface area contributed by atoms with E-state index in [4.69, 9.17) is 4.42 Å². The fraction of sp³-hybridized carbons (Fsp3) is 0.186. The number of thiophene rings is 1. The largest absolute Gasteiger partial charge is 0.456 e. The summed E-state index contributed by atoms with van der Waals surface area (Å²) in [7, 11) is 0. The van der Waals surface area contributed by atoms with Gasteiger partial charge in [-0.2, -0.15) is 0 Å². The second-order valence-corrected chi connectivity index (χ2v) is 22.4. The van der Waals surface area contributed by atoms with Crippen LogP contribution in [0, 0.1) is 0 Å². The molecule has 3 aliphatic rings. The molecule has 3 aromatic heterocycles. The van der Waals surface area contributed by atoms with Crippen LogP contribution in [-0.4, -0.2) is 11.4 Å². The zero-order chi connectivity index (χ0) is 43.3. The highest BCUT2D eigenvalue weighted by Gasteiger charge is 2.46. The van der Waals surface area contributed by atoms with Gasteiger partial charge in [0.1, 0.15) is 11.2 Å². The predicted octanol–water partition coefficient (Wildman–Crippen LogP) is 15.2. The molecule has 0 N–H and O–H groups in total. The molecule has 308 valence electrons. The molecular weight excluding hydrogens is 796 g/mol. The summed E-state index contributed by atoms with van der Waals surface area (Å²) in [6.45, 7) is 18.7. The summed E-state index contributed by atoms with van der Waals surface area (Å²) in [5, 5.41) is 7.53. The van der Waals surface area contributed by atoms with Gasteiger partial charge in [-0.1, -0.05) is 140 Å². The van der Waals surface area contributed by atoms with E-state index in [1.165, 1.54) is 120 Å². The molecule has 0 spiro atoms. The summed E-state index contributed by atoms with van der Waals surface area (Å²) in [4.78, 5) is 2.71. The predicted molar refractivity (Wildman–Crippen MR) is 275 cm³/mol. The first-order valence-electron chi connectivity index (χ1n) is 22.9. The van der Waals surface area contributed by atoms with Crippen molar-refractivity contribution in [1.29, 1.82) is 0 Å². The van der Waals surface area contributed by atoms with Crippen LogP contribution in [0.1, 0.15) is 77.6 Å². The van der Waals surface area contributed by atoms with E-state index in [0.717, 1.165) is 16.6 Å². The summed E-state index contributed by atoms with van der Waals surface area (Å²) in [6.07, 6.45) is 0. The number of nitrogens with zero attached hydrogens (tertiary/aromatic N) is 2. The first-order valence-corrected chi connectivity index (χ1v) is 23.7. The van der Waals surface area contributed by atoms with Crippen molar-refractivity contribution in [3.8, 4) is 27.9 Å². The molecule has 5 heterocycles. The molecule has 0 atom stereocenters. The molecule has 14 rings (SSSR count). The topological polar surface area (TPSA) is 21.3 Å². The number of benzene rings is 8. The van der Waals surface area contributed by atoms with Crippen LogP contribution in [0.3, 0.4) is 0 Å². The number of furan rings is 1. The van der Waals surface area contributed by atoms with Crippen LogP contribution in [0.15, 0.2) is 144 Å². The Kier molecular flexibility index (Phi) is 6.89. The summed E-state index contributed by atoms with van der Waals surface area (Å²) < 4.78 is 11.8. The third kappa shape index (κ3) is 4.63. The highest BCUT2D eigenvalue weighted by Crippen LogP contribution is 2.55. The van der Waals surface area contributed by atoms with Crippen molar-refractivity contribution in [2.24, 2.45) is 0 Å². The van der Waals surface area contributed by atoms with Gasteiger partial charge in [0.05, 0.1) is 11.0 Å². The second-order valence-electron chi connectivity index (χ2n) is 21.3. The SMILES string of the molecule is CC(C)(C)c1ccc(N2B3c4cc5c(cc4-n4c6ccc7oc8ccccc8c7c6c6ccc(c3c64)-c3cc4c(cc32)C(C)(C)c2cc(C(C)(C)C)ccc2-4)sc2ccccc25)cc1. The van der Waals surface area contributed by atoms with Crippen molar-refractivity contribution in [1.82, 2.24) is 4.57 Å². The summed E-state index contributed by atoms with van der Waals surface area (Å²) >= 11 is 1.90. The third-order valence-corrected chi connectivity index (χ3v) is 16.4. The van der Waals surface area contributed by atoms with Crippen molar-refractivity contribution < 1.29 is 4.42 Å². The van der Waals surface area contributed by atoms with Crippen LogP contribution in [0.4, 0.5) is 11.4 Å². The third-order valence-electron chi connectivity index (χ3n) is 15.3. The smallest absolute Gasteiger partial charge is 0.333 e. The average Bonchev–Trinajstić information content (AvgIpc) is 4.00. The standard InChI is InChI=1S/C59H47BN2OS/c1-57(2,3)32-17-20-34(21-18-32)62-47-30-44-40(35-22-19-33(58(4,5)6)27-43(35)59(44,7)8)28-41(47)37-23-24-39-53-46(25-26-50-54(53)38-14-9-11-15-49(38)63-50)61-48-31-52-42(36-13-10-12-16-51(36)64-52)29-45(48)60(62)55(37)56(39)61/h9-31H,1-8H3. The molecule has 64 heavy (non-hydrogen) atoms. The van der Waals surface area contributed by atoms with Gasteiger partial charge < -0.3 is 13.8 Å². The van der Waals surface area contributed by atoms with Crippen LogP contribution in [0.5, 0.6) is 0 Å². The van der Waals surface area contributed by atoms with Crippen molar-refractivity contribution in [3.63, 3.8) is 0 Å². The van der Waals surface area contributed by atoms with Crippen molar-refractivity contribution in [3.05, 3.63) is 162 Å². The van der Waals surface area contributed by atoms with Crippen LogP contribution in [0.25, 0.3) is 91.9 Å². The second kappa shape index (κ2) is 12.0. The molecule has 8 aromatic carbocycles. The molecule has 0 unspecified atom stereocenters. The van der Waals surface area contributed by atoms with E-state index >= 15 is 0 Å². The van der Waals surface area contributed by atoms with Gasteiger partial charge in [0.15, 0.2) is 0 Å². The highest BCUT2D eigenvalue weighted by atomic mass is 32.1. The summed E-state index contributed by atoms with van der Waals surface area (Å²) in [6, 6.07) is 53.8. The Labute approximate surface area is 377 Å². The first kappa shape index (κ1) is 36.9. The number of hydrogen-bond donors (Lipinski definition) is 0. The fourth-order valence-electron chi connectivity index (χ4n) is 12.0. The van der Waals surface area contributed by atoms with Crippen LogP contribution < -0.4 is 15.7 Å². The maximum absolute atomic E-state index is 6.59. The number of fused-ring (bicyclic) bond motifs is 18. The summed E-state index contributed by atoms with van der Waals surface area (Å²) in [5.74, 6) is 0. The Morgan fingerprint density at radius 2 is 1.25 bits per heavy atom. The zero-order valence-corrected chi connectivity index (χ0v) is 38.4. The molecule has 11 aromatic rings. The van der Waals surface area contributed by atoms with Crippen molar-refractivity contribution >= 4 is 104 Å². The van der Waals surface area contributed by atoms with E-state index in [1.54, 1.807) is 0 Å². The van der Waals surface area contributed by atoms with Gasteiger partial charge in [0.2, 0.25) is 0 Å². The Balaban J connectivity index is 1.15. The van der Waals surface area contributed by atoms with Gasteiger partial charge in [-0.3, -0.25) is 0 Å². The lowest BCUT2D eigenvalue weighted by Crippen LogP contribution is -2.60. The minimum Gasteiger partial charge on any atom is -0.456 e. The Bertz CT molecular complexity index is 3900. The molecule has 0 amide bonds. The van der Waals surface area contributed by atoms with Gasteiger partial charge in [-0.05, 0) is 115 Å². The van der Waals surface area contributed by atoms with Crippen molar-refractivity contribution in [2.45, 2.75) is 71.6 Å². The van der Waals surface area contributed by atoms with E-state index in [2.05, 4.69) is 204 Å². The van der Waals surface area contributed by atoms with Crippen LogP contribution in [-0.2, 0) is 16.2 Å². The number of hydrogen-bond acceptors (Lipinski definition) is 3.